The van der Waals surface area contributed by atoms with Gasteiger partial charge in [0, 0.05) is 24.3 Å². The number of nitrogens with zero attached hydrogens (tertiary/aromatic N) is 3. The highest BCUT2D eigenvalue weighted by molar-refractivity contribution is 6.12. The summed E-state index contributed by atoms with van der Waals surface area (Å²) in [6.45, 7) is 5.18. The second-order valence-electron chi connectivity index (χ2n) is 9.24. The normalized spacial score (nSPS) is 13.6. The van der Waals surface area contributed by atoms with E-state index in [1.165, 1.54) is 23.7 Å². The SMILES string of the molecule is Cc1oc2ncn(CCN3CCCC3)c(=O)c2c1C(=O)Nc1ccc(C(=O)NOCc2ccccc2)cc1. The van der Waals surface area contributed by atoms with Crippen molar-refractivity contribution >= 4 is 28.6 Å². The van der Waals surface area contributed by atoms with Crippen molar-refractivity contribution in [2.24, 2.45) is 0 Å². The Morgan fingerprint density at radius 3 is 2.47 bits per heavy atom. The summed E-state index contributed by atoms with van der Waals surface area (Å²) in [5, 5.41) is 2.95. The maximum Gasteiger partial charge on any atom is 0.274 e. The Hall–Kier alpha value is -4.28. The van der Waals surface area contributed by atoms with Crippen LogP contribution >= 0.6 is 0 Å². The fourth-order valence-electron chi connectivity index (χ4n) is 4.54. The number of likely N-dealkylation sites (tertiary alicyclic amines) is 1. The summed E-state index contributed by atoms with van der Waals surface area (Å²) in [6.07, 6.45) is 3.81. The van der Waals surface area contributed by atoms with Crippen LogP contribution in [0.4, 0.5) is 5.69 Å². The average molecular weight is 516 g/mol. The van der Waals surface area contributed by atoms with Gasteiger partial charge in [-0.15, -0.1) is 0 Å². The molecule has 5 rings (SSSR count). The zero-order valence-electron chi connectivity index (χ0n) is 21.1. The predicted molar refractivity (Wildman–Crippen MR) is 142 cm³/mol. The van der Waals surface area contributed by atoms with Crippen molar-refractivity contribution in [1.29, 1.82) is 0 Å². The van der Waals surface area contributed by atoms with Crippen molar-refractivity contribution in [1.82, 2.24) is 19.9 Å². The molecule has 0 spiro atoms. The number of aryl methyl sites for hydroxylation is 1. The fraction of sp³-hybridized carbons (Fsp3) is 0.286. The number of amides is 2. The monoisotopic (exact) mass is 515 g/mol. The molecule has 2 amide bonds. The number of aromatic nitrogens is 2. The minimum absolute atomic E-state index is 0.137. The van der Waals surface area contributed by atoms with Crippen LogP contribution in [0.1, 0.15) is 44.9 Å². The van der Waals surface area contributed by atoms with Crippen LogP contribution in [-0.2, 0) is 18.0 Å². The summed E-state index contributed by atoms with van der Waals surface area (Å²) in [6, 6.07) is 15.8. The molecular weight excluding hydrogens is 486 g/mol. The summed E-state index contributed by atoms with van der Waals surface area (Å²) in [4.78, 5) is 50.6. The molecule has 2 N–H and O–H groups in total. The molecule has 0 aliphatic carbocycles. The Morgan fingerprint density at radius 2 is 1.74 bits per heavy atom. The highest BCUT2D eigenvalue weighted by Gasteiger charge is 2.23. The Bertz CT molecular complexity index is 1490. The maximum absolute atomic E-state index is 13.2. The van der Waals surface area contributed by atoms with Crippen molar-refractivity contribution in [3.8, 4) is 0 Å². The summed E-state index contributed by atoms with van der Waals surface area (Å²) < 4.78 is 7.16. The smallest absolute Gasteiger partial charge is 0.274 e. The quantitative estimate of drug-likeness (QED) is 0.328. The Balaban J connectivity index is 1.25. The largest absolute Gasteiger partial charge is 0.442 e. The number of carbonyl (C=O) groups is 2. The lowest BCUT2D eigenvalue weighted by Gasteiger charge is -2.15. The molecule has 196 valence electrons. The van der Waals surface area contributed by atoms with Crippen LogP contribution in [-0.4, -0.2) is 45.9 Å². The lowest BCUT2D eigenvalue weighted by atomic mass is 10.1. The third-order valence-corrected chi connectivity index (χ3v) is 6.59. The molecule has 0 saturated carbocycles. The van der Waals surface area contributed by atoms with Crippen LogP contribution in [0, 0.1) is 6.92 Å². The first-order valence-electron chi connectivity index (χ1n) is 12.6. The van der Waals surface area contributed by atoms with Crippen LogP contribution in [0.5, 0.6) is 0 Å². The van der Waals surface area contributed by atoms with Gasteiger partial charge in [0.1, 0.15) is 17.5 Å². The zero-order valence-corrected chi connectivity index (χ0v) is 21.1. The second kappa shape index (κ2) is 11.4. The van der Waals surface area contributed by atoms with E-state index >= 15 is 0 Å². The van der Waals surface area contributed by atoms with E-state index < -0.39 is 11.8 Å². The molecule has 0 atom stereocenters. The molecule has 2 aromatic carbocycles. The number of furan rings is 1. The lowest BCUT2D eigenvalue weighted by molar-refractivity contribution is 0.0233. The van der Waals surface area contributed by atoms with Crippen LogP contribution in [0.3, 0.4) is 0 Å². The number of carbonyl (C=O) groups excluding carboxylic acids is 2. The number of benzene rings is 2. The van der Waals surface area contributed by atoms with E-state index in [0.717, 1.165) is 25.2 Å². The number of hydrogen-bond acceptors (Lipinski definition) is 7. The van der Waals surface area contributed by atoms with Gasteiger partial charge in [0.2, 0.25) is 5.71 Å². The Kier molecular flexibility index (Phi) is 7.62. The van der Waals surface area contributed by atoms with Crippen molar-refractivity contribution < 1.29 is 18.8 Å². The van der Waals surface area contributed by atoms with Crippen LogP contribution in [0.15, 0.2) is 70.1 Å². The van der Waals surface area contributed by atoms with Crippen molar-refractivity contribution in [2.45, 2.75) is 32.9 Å². The topological polar surface area (TPSA) is 119 Å². The van der Waals surface area contributed by atoms with Gasteiger partial charge in [0.15, 0.2) is 0 Å². The van der Waals surface area contributed by atoms with Gasteiger partial charge in [-0.3, -0.25) is 23.8 Å². The van der Waals surface area contributed by atoms with Gasteiger partial charge < -0.3 is 14.6 Å². The third kappa shape index (κ3) is 5.66. The number of hydrogen-bond donors (Lipinski definition) is 2. The molecule has 0 unspecified atom stereocenters. The number of hydroxylamine groups is 1. The lowest BCUT2D eigenvalue weighted by Crippen LogP contribution is -2.29. The summed E-state index contributed by atoms with van der Waals surface area (Å²) in [5.41, 5.74) is 4.16. The molecule has 10 nitrogen and oxygen atoms in total. The van der Waals surface area contributed by atoms with E-state index in [9.17, 15) is 14.4 Å². The molecule has 4 aromatic rings. The number of rotatable bonds is 9. The van der Waals surface area contributed by atoms with E-state index in [-0.39, 0.29) is 28.8 Å². The molecule has 2 aromatic heterocycles. The molecule has 1 aliphatic heterocycles. The molecule has 1 saturated heterocycles. The summed E-state index contributed by atoms with van der Waals surface area (Å²) >= 11 is 0. The Labute approximate surface area is 219 Å². The molecule has 10 heteroatoms. The highest BCUT2D eigenvalue weighted by Crippen LogP contribution is 2.22. The van der Waals surface area contributed by atoms with E-state index in [4.69, 9.17) is 9.25 Å². The van der Waals surface area contributed by atoms with Gasteiger partial charge in [0.25, 0.3) is 17.4 Å². The maximum atomic E-state index is 13.2. The molecule has 3 heterocycles. The molecular formula is C28H29N5O5. The molecule has 38 heavy (non-hydrogen) atoms. The van der Waals surface area contributed by atoms with Crippen LogP contribution in [0.2, 0.25) is 0 Å². The van der Waals surface area contributed by atoms with E-state index in [2.05, 4.69) is 20.7 Å². The number of fused-ring (bicyclic) bond motifs is 1. The second-order valence-corrected chi connectivity index (χ2v) is 9.24. The van der Waals surface area contributed by atoms with Crippen LogP contribution in [0.25, 0.3) is 11.1 Å². The van der Waals surface area contributed by atoms with Gasteiger partial charge >= 0.3 is 0 Å². The van der Waals surface area contributed by atoms with Gasteiger partial charge in [-0.05, 0) is 62.7 Å². The summed E-state index contributed by atoms with van der Waals surface area (Å²) in [5.74, 6) is -0.581. The standard InChI is InChI=1S/C28H29N5O5/c1-19-23(24-27(38-19)29-18-33(28(24)36)16-15-32-13-5-6-14-32)26(35)30-22-11-9-21(10-12-22)25(34)31-37-17-20-7-3-2-4-8-20/h2-4,7-12,18H,5-6,13-17H2,1H3,(H,30,35)(H,31,34). The van der Waals surface area contributed by atoms with Crippen molar-refractivity contribution in [3.05, 3.63) is 93.7 Å². The predicted octanol–water partition coefficient (Wildman–Crippen LogP) is 3.51. The first kappa shape index (κ1) is 25.4. The first-order chi connectivity index (χ1) is 18.5. The molecule has 1 fully saturated rings. The van der Waals surface area contributed by atoms with Crippen molar-refractivity contribution in [3.63, 3.8) is 0 Å². The van der Waals surface area contributed by atoms with Crippen molar-refractivity contribution in [2.75, 3.05) is 25.0 Å². The minimum Gasteiger partial charge on any atom is -0.442 e. The fourth-order valence-corrected chi connectivity index (χ4v) is 4.54. The van der Waals surface area contributed by atoms with Gasteiger partial charge in [-0.1, -0.05) is 30.3 Å². The molecule has 0 radical (unpaired) electrons. The summed E-state index contributed by atoms with van der Waals surface area (Å²) in [7, 11) is 0. The zero-order chi connectivity index (χ0) is 26.5. The molecule has 1 aliphatic rings. The Morgan fingerprint density at radius 1 is 1.00 bits per heavy atom. The minimum atomic E-state index is -0.485. The third-order valence-electron chi connectivity index (χ3n) is 6.59. The molecule has 0 bridgehead atoms. The highest BCUT2D eigenvalue weighted by atomic mass is 16.6. The van der Waals surface area contributed by atoms with Gasteiger partial charge in [-0.2, -0.15) is 0 Å². The van der Waals surface area contributed by atoms with E-state index in [0.29, 0.717) is 23.6 Å². The van der Waals surface area contributed by atoms with E-state index in [1.807, 2.05) is 30.3 Å². The number of nitrogens with one attached hydrogen (secondary N) is 2. The first-order valence-corrected chi connectivity index (χ1v) is 12.6. The van der Waals surface area contributed by atoms with Gasteiger partial charge in [-0.25, -0.2) is 10.5 Å². The van der Waals surface area contributed by atoms with Gasteiger partial charge in [0.05, 0.1) is 12.2 Å². The van der Waals surface area contributed by atoms with Crippen LogP contribution < -0.4 is 16.4 Å². The number of anilines is 1. The average Bonchev–Trinajstić information content (AvgIpc) is 3.57. The van der Waals surface area contributed by atoms with E-state index in [1.54, 1.807) is 31.2 Å².